The van der Waals surface area contributed by atoms with E-state index in [2.05, 4.69) is 0 Å². The Morgan fingerprint density at radius 3 is 2.55 bits per heavy atom. The highest BCUT2D eigenvalue weighted by Crippen LogP contribution is 2.19. The van der Waals surface area contributed by atoms with Crippen molar-refractivity contribution in [2.75, 3.05) is 0 Å². The van der Waals surface area contributed by atoms with E-state index in [9.17, 15) is 4.79 Å². The van der Waals surface area contributed by atoms with E-state index >= 15 is 0 Å². The number of thioether (sulfide) groups is 1. The van der Waals surface area contributed by atoms with Crippen molar-refractivity contribution in [3.05, 3.63) is 36.1 Å². The summed E-state index contributed by atoms with van der Waals surface area (Å²) in [4.78, 5) is 11.0. The van der Waals surface area contributed by atoms with E-state index in [4.69, 9.17) is 5.11 Å². The highest BCUT2D eigenvalue weighted by molar-refractivity contribution is 8.02. The van der Waals surface area contributed by atoms with Crippen molar-refractivity contribution >= 4 is 17.7 Å². The summed E-state index contributed by atoms with van der Waals surface area (Å²) in [6, 6.07) is 9.37. The summed E-state index contributed by atoms with van der Waals surface area (Å²) in [5.74, 6) is 0.258. The number of hydrogen-bond acceptors (Lipinski definition) is 2. The van der Waals surface area contributed by atoms with Crippen LogP contribution in [0.3, 0.4) is 0 Å². The SMILES string of the molecule is O=C(O)[CH]Sc1ccccc1. The van der Waals surface area contributed by atoms with Crippen LogP contribution in [0.25, 0.3) is 0 Å². The molecule has 2 nitrogen and oxygen atoms in total. The topological polar surface area (TPSA) is 37.3 Å². The van der Waals surface area contributed by atoms with Gasteiger partial charge in [0.2, 0.25) is 0 Å². The summed E-state index contributed by atoms with van der Waals surface area (Å²) >= 11 is 1.20. The van der Waals surface area contributed by atoms with Crippen molar-refractivity contribution in [3.8, 4) is 0 Å². The van der Waals surface area contributed by atoms with Gasteiger partial charge < -0.3 is 5.11 Å². The zero-order chi connectivity index (χ0) is 8.10. The van der Waals surface area contributed by atoms with Crippen molar-refractivity contribution < 1.29 is 9.90 Å². The molecule has 0 aromatic heterocycles. The van der Waals surface area contributed by atoms with Crippen LogP contribution in [0.15, 0.2) is 35.2 Å². The quantitative estimate of drug-likeness (QED) is 0.700. The van der Waals surface area contributed by atoms with E-state index in [0.29, 0.717) is 0 Å². The number of rotatable bonds is 3. The number of hydrogen-bond donors (Lipinski definition) is 1. The molecule has 0 atom stereocenters. The maximum absolute atomic E-state index is 10.1. The minimum Gasteiger partial charge on any atom is -0.480 e. The van der Waals surface area contributed by atoms with Gasteiger partial charge in [-0.2, -0.15) is 0 Å². The van der Waals surface area contributed by atoms with Crippen LogP contribution < -0.4 is 0 Å². The lowest BCUT2D eigenvalue weighted by atomic mass is 10.4. The van der Waals surface area contributed by atoms with Crippen LogP contribution in [-0.2, 0) is 4.79 Å². The average Bonchev–Trinajstić information content (AvgIpc) is 2.03. The van der Waals surface area contributed by atoms with Gasteiger partial charge in [0.1, 0.15) is 5.75 Å². The molecule has 0 saturated heterocycles. The Labute approximate surface area is 69.2 Å². The van der Waals surface area contributed by atoms with Gasteiger partial charge in [0.25, 0.3) is 0 Å². The highest BCUT2D eigenvalue weighted by Gasteiger charge is 1.98. The summed E-state index contributed by atoms with van der Waals surface area (Å²) < 4.78 is 0. The molecule has 0 spiro atoms. The molecule has 57 valence electrons. The first-order valence-electron chi connectivity index (χ1n) is 3.07. The maximum Gasteiger partial charge on any atom is 0.318 e. The van der Waals surface area contributed by atoms with Crippen molar-refractivity contribution in [2.45, 2.75) is 4.90 Å². The van der Waals surface area contributed by atoms with Crippen LogP contribution in [0, 0.1) is 5.75 Å². The molecule has 0 saturated carbocycles. The zero-order valence-electron chi connectivity index (χ0n) is 5.73. The lowest BCUT2D eigenvalue weighted by Gasteiger charge is -1.94. The van der Waals surface area contributed by atoms with Gasteiger partial charge in [-0.3, -0.25) is 4.79 Å². The predicted molar refractivity (Wildman–Crippen MR) is 44.2 cm³/mol. The Balaban J connectivity index is 2.45. The molecule has 0 bridgehead atoms. The van der Waals surface area contributed by atoms with Crippen molar-refractivity contribution in [1.82, 2.24) is 0 Å². The zero-order valence-corrected chi connectivity index (χ0v) is 6.54. The Bertz CT molecular complexity index is 233. The van der Waals surface area contributed by atoms with Gasteiger partial charge >= 0.3 is 5.97 Å². The third kappa shape index (κ3) is 3.09. The number of carboxylic acids is 1. The minimum atomic E-state index is -0.904. The largest absolute Gasteiger partial charge is 0.480 e. The third-order valence-corrected chi connectivity index (χ3v) is 1.90. The van der Waals surface area contributed by atoms with Crippen LogP contribution in [-0.4, -0.2) is 11.1 Å². The van der Waals surface area contributed by atoms with Crippen LogP contribution in [0.2, 0.25) is 0 Å². The van der Waals surface area contributed by atoms with E-state index in [1.807, 2.05) is 30.3 Å². The first-order chi connectivity index (χ1) is 5.29. The maximum atomic E-state index is 10.1. The molecular weight excluding hydrogens is 160 g/mol. The van der Waals surface area contributed by atoms with Gasteiger partial charge in [-0.25, -0.2) is 0 Å². The summed E-state index contributed by atoms with van der Waals surface area (Å²) in [6.07, 6.45) is 0. The van der Waals surface area contributed by atoms with Gasteiger partial charge in [-0.05, 0) is 12.1 Å². The van der Waals surface area contributed by atoms with E-state index in [1.54, 1.807) is 0 Å². The van der Waals surface area contributed by atoms with E-state index in [0.717, 1.165) is 10.6 Å². The van der Waals surface area contributed by atoms with Crippen LogP contribution in [0.4, 0.5) is 0 Å². The summed E-state index contributed by atoms with van der Waals surface area (Å²) in [5, 5.41) is 8.30. The Morgan fingerprint density at radius 2 is 2.00 bits per heavy atom. The normalized spacial score (nSPS) is 9.45. The molecule has 1 radical (unpaired) electrons. The molecule has 0 aliphatic heterocycles. The molecule has 0 fully saturated rings. The lowest BCUT2D eigenvalue weighted by Crippen LogP contribution is -1.90. The second-order valence-electron chi connectivity index (χ2n) is 1.89. The van der Waals surface area contributed by atoms with Crippen LogP contribution >= 0.6 is 11.8 Å². The lowest BCUT2D eigenvalue weighted by molar-refractivity contribution is -0.132. The van der Waals surface area contributed by atoms with Gasteiger partial charge in [0, 0.05) is 4.90 Å². The highest BCUT2D eigenvalue weighted by atomic mass is 32.2. The van der Waals surface area contributed by atoms with E-state index < -0.39 is 5.97 Å². The van der Waals surface area contributed by atoms with Crippen molar-refractivity contribution in [1.29, 1.82) is 0 Å². The molecule has 1 aromatic rings. The number of carboxylic acid groups (broad SMARTS) is 1. The monoisotopic (exact) mass is 167 g/mol. The van der Waals surface area contributed by atoms with Gasteiger partial charge in [-0.15, -0.1) is 11.8 Å². The standard InChI is InChI=1S/C8H7O2S/c9-8(10)6-11-7-4-2-1-3-5-7/h1-6H,(H,9,10). The van der Waals surface area contributed by atoms with Gasteiger partial charge in [0.05, 0.1) is 0 Å². The third-order valence-electron chi connectivity index (χ3n) is 1.04. The van der Waals surface area contributed by atoms with E-state index in [1.165, 1.54) is 11.8 Å². The minimum absolute atomic E-state index is 0.904. The second-order valence-corrected chi connectivity index (χ2v) is 2.83. The second kappa shape index (κ2) is 4.03. The molecule has 0 amide bonds. The average molecular weight is 167 g/mol. The molecule has 1 rings (SSSR count). The summed E-state index contributed by atoms with van der Waals surface area (Å²) in [6.45, 7) is 0. The Kier molecular flexibility index (Phi) is 2.98. The molecule has 11 heavy (non-hydrogen) atoms. The van der Waals surface area contributed by atoms with Crippen LogP contribution in [0.5, 0.6) is 0 Å². The Morgan fingerprint density at radius 1 is 1.36 bits per heavy atom. The fourth-order valence-electron chi connectivity index (χ4n) is 0.618. The first-order valence-corrected chi connectivity index (χ1v) is 3.95. The molecule has 1 aromatic carbocycles. The van der Waals surface area contributed by atoms with Crippen molar-refractivity contribution in [2.24, 2.45) is 0 Å². The molecular formula is C8H7O2S. The first kappa shape index (κ1) is 8.14. The predicted octanol–water partition coefficient (Wildman–Crippen LogP) is 2.03. The summed E-state index contributed by atoms with van der Waals surface area (Å²) in [7, 11) is 0. The van der Waals surface area contributed by atoms with Gasteiger partial charge in [0.15, 0.2) is 0 Å². The number of aliphatic carboxylic acids is 1. The Hall–Kier alpha value is -0.960. The van der Waals surface area contributed by atoms with Crippen LogP contribution in [0.1, 0.15) is 0 Å². The van der Waals surface area contributed by atoms with E-state index in [-0.39, 0.29) is 0 Å². The fraction of sp³-hybridized carbons (Fsp3) is 0. The molecule has 1 N–H and O–H groups in total. The van der Waals surface area contributed by atoms with Crippen molar-refractivity contribution in [3.63, 3.8) is 0 Å². The molecule has 3 heteroatoms. The number of benzene rings is 1. The molecule has 0 aliphatic carbocycles. The molecule has 0 heterocycles. The van der Waals surface area contributed by atoms with Gasteiger partial charge in [-0.1, -0.05) is 18.2 Å². The fourth-order valence-corrected chi connectivity index (χ4v) is 1.17. The molecule has 0 aliphatic rings. The summed E-state index contributed by atoms with van der Waals surface area (Å²) in [5.41, 5.74) is 0. The smallest absolute Gasteiger partial charge is 0.318 e. The number of carbonyl (C=O) groups is 1. The molecule has 0 unspecified atom stereocenters.